The third-order valence-electron chi connectivity index (χ3n) is 5.86. The summed E-state index contributed by atoms with van der Waals surface area (Å²) in [6.07, 6.45) is 1.47. The van der Waals surface area contributed by atoms with Gasteiger partial charge in [0.15, 0.2) is 0 Å². The lowest BCUT2D eigenvalue weighted by atomic mass is 9.78. The summed E-state index contributed by atoms with van der Waals surface area (Å²) in [5.74, 6) is -0.500. The second-order valence-electron chi connectivity index (χ2n) is 7.82. The summed E-state index contributed by atoms with van der Waals surface area (Å²) in [4.78, 5) is 13.3. The molecule has 1 aliphatic rings. The first-order chi connectivity index (χ1) is 14.6. The summed E-state index contributed by atoms with van der Waals surface area (Å²) >= 11 is 0. The van der Waals surface area contributed by atoms with Crippen LogP contribution in [-0.4, -0.2) is 11.1 Å². The predicted octanol–water partition coefficient (Wildman–Crippen LogP) is 6.08. The molecule has 0 bridgehead atoms. The minimum Gasteiger partial charge on any atom is -0.512 e. The molecular formula is C27H26O3. The fourth-order valence-corrected chi connectivity index (χ4v) is 4.42. The molecule has 1 aliphatic heterocycles. The van der Waals surface area contributed by atoms with E-state index in [1.165, 1.54) is 0 Å². The predicted molar refractivity (Wildman–Crippen MR) is 118 cm³/mol. The van der Waals surface area contributed by atoms with Crippen LogP contribution in [0.5, 0.6) is 0 Å². The first-order valence-electron chi connectivity index (χ1n) is 10.4. The van der Waals surface area contributed by atoms with Crippen molar-refractivity contribution in [1.29, 1.82) is 0 Å². The van der Waals surface area contributed by atoms with Gasteiger partial charge in [-0.25, -0.2) is 4.79 Å². The molecule has 0 spiro atoms. The molecule has 30 heavy (non-hydrogen) atoms. The van der Waals surface area contributed by atoms with Crippen LogP contribution in [0.4, 0.5) is 0 Å². The highest BCUT2D eigenvalue weighted by atomic mass is 16.6. The van der Waals surface area contributed by atoms with Gasteiger partial charge in [0.25, 0.3) is 0 Å². The Morgan fingerprint density at radius 2 is 1.47 bits per heavy atom. The summed E-state index contributed by atoms with van der Waals surface area (Å²) < 4.78 is 6.19. The number of aliphatic hydroxyl groups is 1. The molecule has 152 valence electrons. The Labute approximate surface area is 177 Å². The second kappa shape index (κ2) is 8.58. The quantitative estimate of drug-likeness (QED) is 0.512. The Morgan fingerprint density at radius 3 is 2.03 bits per heavy atom. The zero-order valence-electron chi connectivity index (χ0n) is 17.1. The summed E-state index contributed by atoms with van der Waals surface area (Å²) in [5, 5.41) is 11.2. The Morgan fingerprint density at radius 1 is 0.900 bits per heavy atom. The van der Waals surface area contributed by atoms with Crippen molar-refractivity contribution in [3.05, 3.63) is 119 Å². The van der Waals surface area contributed by atoms with E-state index < -0.39 is 11.6 Å². The second-order valence-corrected chi connectivity index (χ2v) is 7.82. The largest absolute Gasteiger partial charge is 0.512 e. The van der Waals surface area contributed by atoms with E-state index in [2.05, 4.69) is 0 Å². The van der Waals surface area contributed by atoms with E-state index in [1.54, 1.807) is 0 Å². The maximum Gasteiger partial charge on any atom is 0.338 e. The number of aliphatic hydroxyl groups excluding tert-OH is 1. The van der Waals surface area contributed by atoms with Crippen molar-refractivity contribution in [2.24, 2.45) is 0 Å². The number of carbonyl (C=O) groups is 1. The van der Waals surface area contributed by atoms with E-state index in [-0.39, 0.29) is 18.1 Å². The van der Waals surface area contributed by atoms with E-state index in [0.717, 1.165) is 16.7 Å². The third-order valence-corrected chi connectivity index (χ3v) is 5.86. The van der Waals surface area contributed by atoms with Crippen molar-refractivity contribution < 1.29 is 14.6 Å². The lowest BCUT2D eigenvalue weighted by Crippen LogP contribution is -2.40. The van der Waals surface area contributed by atoms with E-state index in [1.807, 2.05) is 97.9 Å². The zero-order chi connectivity index (χ0) is 21.0. The van der Waals surface area contributed by atoms with Gasteiger partial charge in [-0.05, 0) is 23.1 Å². The SMILES string of the molecule is CCC(C1=C(O)CC(Cc2ccccc2)(c2ccccc2)OC1=O)c1ccccc1. The maximum atomic E-state index is 13.3. The molecule has 3 heteroatoms. The zero-order valence-corrected chi connectivity index (χ0v) is 17.1. The molecule has 0 saturated heterocycles. The molecule has 3 aromatic rings. The topological polar surface area (TPSA) is 46.5 Å². The van der Waals surface area contributed by atoms with Gasteiger partial charge in [-0.15, -0.1) is 0 Å². The van der Waals surface area contributed by atoms with Crippen molar-refractivity contribution in [2.45, 2.75) is 37.7 Å². The van der Waals surface area contributed by atoms with Crippen LogP contribution in [0.2, 0.25) is 0 Å². The van der Waals surface area contributed by atoms with Gasteiger partial charge in [0.05, 0.1) is 12.0 Å². The number of benzene rings is 3. The van der Waals surface area contributed by atoms with E-state index >= 15 is 0 Å². The van der Waals surface area contributed by atoms with E-state index in [0.29, 0.717) is 18.4 Å². The number of cyclic esters (lactones) is 1. The summed E-state index contributed by atoms with van der Waals surface area (Å²) in [6, 6.07) is 29.5. The molecule has 0 aromatic heterocycles. The number of hydrogen-bond donors (Lipinski definition) is 1. The molecule has 0 amide bonds. The van der Waals surface area contributed by atoms with Crippen LogP contribution in [0.25, 0.3) is 0 Å². The molecule has 2 unspecified atom stereocenters. The monoisotopic (exact) mass is 398 g/mol. The Hall–Kier alpha value is -3.33. The molecule has 4 rings (SSSR count). The molecule has 3 aromatic carbocycles. The van der Waals surface area contributed by atoms with Crippen molar-refractivity contribution in [2.75, 3.05) is 0 Å². The molecule has 0 aliphatic carbocycles. The van der Waals surface area contributed by atoms with Crippen LogP contribution in [-0.2, 0) is 21.6 Å². The Bertz CT molecular complexity index is 1030. The van der Waals surface area contributed by atoms with Crippen molar-refractivity contribution in [1.82, 2.24) is 0 Å². The first kappa shape index (κ1) is 20.0. The molecule has 2 atom stereocenters. The van der Waals surface area contributed by atoms with Gasteiger partial charge in [0.1, 0.15) is 11.4 Å². The highest BCUT2D eigenvalue weighted by Gasteiger charge is 2.45. The Balaban J connectivity index is 1.77. The van der Waals surface area contributed by atoms with E-state index in [4.69, 9.17) is 4.74 Å². The molecule has 0 fully saturated rings. The van der Waals surface area contributed by atoms with Crippen LogP contribution < -0.4 is 0 Å². The minimum atomic E-state index is -0.928. The highest BCUT2D eigenvalue weighted by Crippen LogP contribution is 2.44. The minimum absolute atomic E-state index is 0.127. The van der Waals surface area contributed by atoms with Gasteiger partial charge in [0.2, 0.25) is 0 Å². The summed E-state index contributed by atoms with van der Waals surface area (Å²) in [6.45, 7) is 2.02. The smallest absolute Gasteiger partial charge is 0.338 e. The van der Waals surface area contributed by atoms with Crippen LogP contribution in [0.15, 0.2) is 102 Å². The molecule has 0 saturated carbocycles. The van der Waals surface area contributed by atoms with Crippen LogP contribution in [0.3, 0.4) is 0 Å². The van der Waals surface area contributed by atoms with Crippen LogP contribution in [0, 0.1) is 0 Å². The molecule has 1 heterocycles. The van der Waals surface area contributed by atoms with E-state index in [9.17, 15) is 9.90 Å². The fraction of sp³-hybridized carbons (Fsp3) is 0.222. The normalized spacial score (nSPS) is 20.0. The van der Waals surface area contributed by atoms with Gasteiger partial charge in [-0.2, -0.15) is 0 Å². The lowest BCUT2D eigenvalue weighted by molar-refractivity contribution is -0.161. The highest BCUT2D eigenvalue weighted by molar-refractivity contribution is 5.92. The number of ether oxygens (including phenoxy) is 1. The van der Waals surface area contributed by atoms with Gasteiger partial charge in [-0.1, -0.05) is 97.9 Å². The number of hydrogen-bond acceptors (Lipinski definition) is 3. The fourth-order valence-electron chi connectivity index (χ4n) is 4.42. The van der Waals surface area contributed by atoms with Crippen LogP contribution in [0.1, 0.15) is 42.4 Å². The molecule has 0 radical (unpaired) electrons. The van der Waals surface area contributed by atoms with Crippen molar-refractivity contribution in [3.8, 4) is 0 Å². The first-order valence-corrected chi connectivity index (χ1v) is 10.4. The average molecular weight is 399 g/mol. The number of carbonyl (C=O) groups excluding carboxylic acids is 1. The Kier molecular flexibility index (Phi) is 5.71. The van der Waals surface area contributed by atoms with Crippen molar-refractivity contribution in [3.63, 3.8) is 0 Å². The standard InChI is InChI=1S/C27H26O3/c1-2-23(21-14-8-4-9-15-21)25-24(28)19-27(30-26(25)29,22-16-10-5-11-17-22)18-20-12-6-3-7-13-20/h3-17,23,28H,2,18-19H2,1H3. The summed E-state index contributed by atoms with van der Waals surface area (Å²) in [5.41, 5.74) is 2.40. The average Bonchev–Trinajstić information content (AvgIpc) is 2.78. The summed E-state index contributed by atoms with van der Waals surface area (Å²) in [7, 11) is 0. The number of rotatable bonds is 6. The third kappa shape index (κ3) is 3.88. The van der Waals surface area contributed by atoms with Gasteiger partial charge >= 0.3 is 5.97 Å². The van der Waals surface area contributed by atoms with Gasteiger partial charge in [0, 0.05) is 12.3 Å². The van der Waals surface area contributed by atoms with Gasteiger partial charge in [-0.3, -0.25) is 0 Å². The molecule has 1 N–H and O–H groups in total. The maximum absolute atomic E-state index is 13.3. The van der Waals surface area contributed by atoms with Crippen molar-refractivity contribution >= 4 is 5.97 Å². The number of esters is 1. The van der Waals surface area contributed by atoms with Gasteiger partial charge < -0.3 is 9.84 Å². The molecular weight excluding hydrogens is 372 g/mol. The lowest BCUT2D eigenvalue weighted by Gasteiger charge is -2.39. The molecule has 3 nitrogen and oxygen atoms in total. The van der Waals surface area contributed by atoms with Crippen LogP contribution >= 0.6 is 0 Å².